The molecule has 6 heteroatoms. The van der Waals surface area contributed by atoms with Crippen LogP contribution in [-0.4, -0.2) is 16.7 Å². The molecule has 136 valence electrons. The zero-order valence-corrected chi connectivity index (χ0v) is 14.6. The van der Waals surface area contributed by atoms with E-state index in [1.165, 1.54) is 17.4 Å². The number of hydrogen-bond donors (Lipinski definition) is 0. The summed E-state index contributed by atoms with van der Waals surface area (Å²) in [5, 5.41) is 12.4. The van der Waals surface area contributed by atoms with Gasteiger partial charge in [0.1, 0.15) is 0 Å². The normalized spacial score (nSPS) is 36.1. The van der Waals surface area contributed by atoms with Crippen molar-refractivity contribution in [2.45, 2.75) is 19.3 Å². The smallest absolute Gasteiger partial charge is 0.274 e. The predicted octanol–water partition coefficient (Wildman–Crippen LogP) is 3.53. The number of nitrogens with zero attached hydrogens (tertiary/aromatic N) is 2. The Morgan fingerprint density at radius 2 is 1.44 bits per heavy atom. The molecule has 2 bridgehead atoms. The van der Waals surface area contributed by atoms with Gasteiger partial charge in [0.15, 0.2) is 0 Å². The summed E-state index contributed by atoms with van der Waals surface area (Å²) >= 11 is 0. The van der Waals surface area contributed by atoms with E-state index in [2.05, 4.69) is 0 Å². The lowest BCUT2D eigenvalue weighted by atomic mass is 9.59. The Morgan fingerprint density at radius 1 is 0.852 bits per heavy atom. The van der Waals surface area contributed by atoms with Gasteiger partial charge in [-0.3, -0.25) is 19.7 Å². The molecule has 1 saturated heterocycles. The summed E-state index contributed by atoms with van der Waals surface area (Å²) in [4.78, 5) is 39.0. The summed E-state index contributed by atoms with van der Waals surface area (Å²) in [5.41, 5.74) is 0.487. The summed E-state index contributed by atoms with van der Waals surface area (Å²) in [7, 11) is 0. The molecule has 6 atom stereocenters. The Balaban J connectivity index is 1.51. The maximum Gasteiger partial charge on any atom is 0.277 e. The van der Waals surface area contributed by atoms with Crippen molar-refractivity contribution in [1.82, 2.24) is 0 Å². The Labute approximate surface area is 155 Å². The highest BCUT2D eigenvalue weighted by atomic mass is 16.6. The minimum absolute atomic E-state index is 0.00725. The standard InChI is InChI=1S/C21H18N2O4/c24-20-18-12-5-6-13(15-9-14(12)15)19(18)21(25)22(20)16-7-8-17(23(26)27)11-4-2-1-3-10(11)16/h1-4,7-8,12-15,18-19H,5-6,9H2/t12-,13+,14-,15+,18-,19+. The van der Waals surface area contributed by atoms with Gasteiger partial charge in [-0.2, -0.15) is 0 Å². The molecule has 1 heterocycles. The highest BCUT2D eigenvalue weighted by molar-refractivity contribution is 6.25. The number of nitro groups is 1. The molecular weight excluding hydrogens is 344 g/mol. The Kier molecular flexibility index (Phi) is 2.80. The second-order valence-electron chi connectivity index (χ2n) is 8.44. The summed E-state index contributed by atoms with van der Waals surface area (Å²) in [6.07, 6.45) is 3.30. The molecule has 7 rings (SSSR count). The molecule has 1 aliphatic heterocycles. The number of benzene rings is 2. The van der Waals surface area contributed by atoms with E-state index in [0.29, 0.717) is 40.1 Å². The summed E-state index contributed by atoms with van der Waals surface area (Å²) in [5.74, 6) is 1.40. The first-order valence-corrected chi connectivity index (χ1v) is 9.62. The second-order valence-corrected chi connectivity index (χ2v) is 8.44. The van der Waals surface area contributed by atoms with Gasteiger partial charge in [0.25, 0.3) is 5.69 Å². The molecule has 5 fully saturated rings. The fraction of sp³-hybridized carbons (Fsp3) is 0.429. The molecule has 2 aromatic rings. The number of nitro benzene ring substituents is 1. The Hall–Kier alpha value is -2.76. The fourth-order valence-electron chi connectivity index (χ4n) is 6.40. The summed E-state index contributed by atoms with van der Waals surface area (Å²) < 4.78 is 0. The number of fused-ring (bicyclic) bond motifs is 2. The van der Waals surface area contributed by atoms with Crippen molar-refractivity contribution in [3.8, 4) is 0 Å². The first-order valence-electron chi connectivity index (χ1n) is 9.62. The second kappa shape index (κ2) is 4.94. The highest BCUT2D eigenvalue weighted by Crippen LogP contribution is 2.68. The van der Waals surface area contributed by atoms with Gasteiger partial charge in [0.05, 0.1) is 27.8 Å². The zero-order chi connectivity index (χ0) is 18.4. The van der Waals surface area contributed by atoms with Crippen molar-refractivity contribution in [2.75, 3.05) is 4.90 Å². The van der Waals surface area contributed by atoms with E-state index < -0.39 is 4.92 Å². The zero-order valence-electron chi connectivity index (χ0n) is 14.6. The van der Waals surface area contributed by atoms with Gasteiger partial charge in [-0.1, -0.05) is 18.2 Å². The molecular formula is C21H18N2O4. The van der Waals surface area contributed by atoms with Crippen LogP contribution < -0.4 is 4.90 Å². The van der Waals surface area contributed by atoms with E-state index in [-0.39, 0.29) is 29.3 Å². The maximum absolute atomic E-state index is 13.3. The highest BCUT2D eigenvalue weighted by Gasteiger charge is 2.68. The first kappa shape index (κ1) is 15.3. The van der Waals surface area contributed by atoms with Crippen LogP contribution in [0.4, 0.5) is 11.4 Å². The van der Waals surface area contributed by atoms with E-state index in [9.17, 15) is 19.7 Å². The van der Waals surface area contributed by atoms with Crippen LogP contribution >= 0.6 is 0 Å². The lowest BCUT2D eigenvalue weighted by molar-refractivity contribution is -0.383. The monoisotopic (exact) mass is 362 g/mol. The van der Waals surface area contributed by atoms with Gasteiger partial charge in [-0.05, 0) is 55.1 Å². The molecule has 0 spiro atoms. The quantitative estimate of drug-likeness (QED) is 0.465. The van der Waals surface area contributed by atoms with Crippen molar-refractivity contribution >= 4 is 34.0 Å². The largest absolute Gasteiger partial charge is 0.277 e. The number of carbonyl (C=O) groups is 2. The molecule has 27 heavy (non-hydrogen) atoms. The average molecular weight is 362 g/mol. The van der Waals surface area contributed by atoms with Crippen molar-refractivity contribution < 1.29 is 14.5 Å². The predicted molar refractivity (Wildman–Crippen MR) is 97.9 cm³/mol. The third kappa shape index (κ3) is 1.80. The van der Waals surface area contributed by atoms with Crippen molar-refractivity contribution in [3.63, 3.8) is 0 Å². The van der Waals surface area contributed by atoms with Gasteiger partial charge in [-0.25, -0.2) is 4.90 Å². The minimum Gasteiger partial charge on any atom is -0.274 e. The number of non-ortho nitro benzene ring substituents is 1. The van der Waals surface area contributed by atoms with Crippen LogP contribution in [0.15, 0.2) is 36.4 Å². The van der Waals surface area contributed by atoms with Gasteiger partial charge in [0, 0.05) is 11.5 Å². The van der Waals surface area contributed by atoms with Gasteiger partial charge >= 0.3 is 0 Å². The fourth-order valence-corrected chi connectivity index (χ4v) is 6.40. The molecule has 0 unspecified atom stereocenters. The number of amides is 2. The summed E-state index contributed by atoms with van der Waals surface area (Å²) in [6.45, 7) is 0. The van der Waals surface area contributed by atoms with Crippen LogP contribution in [0.1, 0.15) is 19.3 Å². The van der Waals surface area contributed by atoms with E-state index >= 15 is 0 Å². The molecule has 2 aromatic carbocycles. The van der Waals surface area contributed by atoms with Gasteiger partial charge < -0.3 is 0 Å². The molecule has 0 aromatic heterocycles. The lowest BCUT2D eigenvalue weighted by Crippen LogP contribution is -2.43. The van der Waals surface area contributed by atoms with Gasteiger partial charge in [0.2, 0.25) is 11.8 Å². The number of anilines is 1. The third-order valence-electron chi connectivity index (χ3n) is 7.46. The lowest BCUT2D eigenvalue weighted by Gasteiger charge is -2.42. The minimum atomic E-state index is -0.423. The van der Waals surface area contributed by atoms with Crippen LogP contribution in [0, 0.1) is 45.6 Å². The Bertz CT molecular complexity index is 1010. The van der Waals surface area contributed by atoms with E-state index in [4.69, 9.17) is 0 Å². The van der Waals surface area contributed by atoms with Crippen LogP contribution in [0.5, 0.6) is 0 Å². The molecule has 0 N–H and O–H groups in total. The van der Waals surface area contributed by atoms with Crippen molar-refractivity contribution in [3.05, 3.63) is 46.5 Å². The molecule has 6 nitrogen and oxygen atoms in total. The first-order chi connectivity index (χ1) is 13.1. The molecule has 4 aliphatic carbocycles. The maximum atomic E-state index is 13.3. The number of carbonyl (C=O) groups excluding carboxylic acids is 2. The van der Waals surface area contributed by atoms with Crippen molar-refractivity contribution in [2.24, 2.45) is 35.5 Å². The molecule has 5 aliphatic rings. The Morgan fingerprint density at radius 3 is 2.04 bits per heavy atom. The number of hydrogen-bond acceptors (Lipinski definition) is 4. The van der Waals surface area contributed by atoms with Crippen LogP contribution in [0.3, 0.4) is 0 Å². The molecule has 0 radical (unpaired) electrons. The third-order valence-corrected chi connectivity index (χ3v) is 7.46. The number of imide groups is 1. The van der Waals surface area contributed by atoms with Crippen LogP contribution in [-0.2, 0) is 9.59 Å². The molecule has 2 amide bonds. The topological polar surface area (TPSA) is 80.5 Å². The van der Waals surface area contributed by atoms with Crippen LogP contribution in [0.25, 0.3) is 10.8 Å². The van der Waals surface area contributed by atoms with E-state index in [0.717, 1.165) is 12.8 Å². The summed E-state index contributed by atoms with van der Waals surface area (Å²) in [6, 6.07) is 9.93. The van der Waals surface area contributed by atoms with Gasteiger partial charge in [-0.15, -0.1) is 0 Å². The molecule has 4 saturated carbocycles. The average Bonchev–Trinajstić information content (AvgIpc) is 3.45. The van der Waals surface area contributed by atoms with E-state index in [1.807, 2.05) is 0 Å². The SMILES string of the molecule is O=C1[C@@H]2[C@@H]3CC[C@@H]([C@@H]4C[C@@H]43)[C@@H]2C(=O)N1c1ccc([N+](=O)[O-])c2ccccc12. The number of rotatable bonds is 2. The van der Waals surface area contributed by atoms with Crippen molar-refractivity contribution in [1.29, 1.82) is 0 Å². The van der Waals surface area contributed by atoms with E-state index in [1.54, 1.807) is 30.3 Å². The van der Waals surface area contributed by atoms with Crippen LogP contribution in [0.2, 0.25) is 0 Å².